The summed E-state index contributed by atoms with van der Waals surface area (Å²) < 4.78 is 7.78. The van der Waals surface area contributed by atoms with E-state index in [1.807, 2.05) is 67.4 Å². The molecule has 0 bridgehead atoms. The van der Waals surface area contributed by atoms with Gasteiger partial charge in [0.15, 0.2) is 11.5 Å². The molecule has 0 unspecified atom stereocenters. The Balaban J connectivity index is 1.22. The molecule has 1 aliphatic heterocycles. The average Bonchev–Trinajstić information content (AvgIpc) is 3.42. The molecular weight excluding hydrogens is 494 g/mol. The molecule has 1 fully saturated rings. The van der Waals surface area contributed by atoms with Crippen LogP contribution in [0, 0.1) is 6.92 Å². The maximum absolute atomic E-state index is 12.1. The van der Waals surface area contributed by atoms with Gasteiger partial charge < -0.3 is 19.9 Å². The van der Waals surface area contributed by atoms with E-state index in [1.165, 1.54) is 18.7 Å². The van der Waals surface area contributed by atoms with Gasteiger partial charge in [0.25, 0.3) is 0 Å². The lowest BCUT2D eigenvalue weighted by Crippen LogP contribution is -2.53. The van der Waals surface area contributed by atoms with Crippen LogP contribution in [0.1, 0.15) is 12.5 Å². The third kappa shape index (κ3) is 4.81. The quantitative estimate of drug-likeness (QED) is 0.329. The number of aromatic nitrogens is 6. The van der Waals surface area contributed by atoms with Gasteiger partial charge in [0.1, 0.15) is 35.5 Å². The number of anilines is 3. The number of amides is 1. The summed E-state index contributed by atoms with van der Waals surface area (Å²) in [6.45, 7) is 9.61. The number of rotatable bonds is 6. The first kappa shape index (κ1) is 24.3. The Hall–Kier alpha value is -5.06. The largest absolute Gasteiger partial charge is 0.457 e. The molecular formula is C28H27N9O2. The third-order valence-corrected chi connectivity index (χ3v) is 6.79. The molecule has 0 saturated carbocycles. The highest BCUT2D eigenvalue weighted by Crippen LogP contribution is 2.30. The average molecular weight is 522 g/mol. The number of aryl methyl sites for hydroxylation is 1. The molecule has 5 aromatic rings. The Morgan fingerprint density at radius 2 is 2.00 bits per heavy atom. The molecule has 0 aliphatic carbocycles. The zero-order valence-electron chi connectivity index (χ0n) is 21.7. The van der Waals surface area contributed by atoms with Crippen molar-refractivity contribution >= 4 is 39.9 Å². The van der Waals surface area contributed by atoms with E-state index in [0.29, 0.717) is 42.4 Å². The molecule has 1 saturated heterocycles. The number of hydrogen-bond donors (Lipinski definition) is 1. The molecule has 1 amide bonds. The van der Waals surface area contributed by atoms with Gasteiger partial charge in [-0.2, -0.15) is 5.10 Å². The summed E-state index contributed by atoms with van der Waals surface area (Å²) in [5.41, 5.74) is 3.93. The molecule has 1 atom stereocenters. The molecule has 39 heavy (non-hydrogen) atoms. The molecule has 0 spiro atoms. The molecule has 0 radical (unpaired) electrons. The molecule has 1 N–H and O–H groups in total. The topological polar surface area (TPSA) is 114 Å². The number of piperazine rings is 1. The van der Waals surface area contributed by atoms with Gasteiger partial charge in [-0.3, -0.25) is 4.79 Å². The van der Waals surface area contributed by atoms with Crippen molar-refractivity contribution in [1.29, 1.82) is 0 Å². The second-order valence-electron chi connectivity index (χ2n) is 9.42. The Bertz CT molecular complexity index is 1700. The van der Waals surface area contributed by atoms with Crippen molar-refractivity contribution in [1.82, 2.24) is 34.4 Å². The Morgan fingerprint density at radius 3 is 2.82 bits per heavy atom. The number of benzene rings is 1. The SMILES string of the molecule is C=CC(=O)N1CCN(c2ccc3ncnc(Nc4ccc(Oc5ccn6ncnc6c5)c(C)c4)c3n2)C[C@@H]1C. The van der Waals surface area contributed by atoms with E-state index in [4.69, 9.17) is 9.72 Å². The summed E-state index contributed by atoms with van der Waals surface area (Å²) in [4.78, 5) is 34.1. The van der Waals surface area contributed by atoms with Crippen LogP contribution in [0.3, 0.4) is 0 Å². The standard InChI is InChI=1S/C28H27N9O2/c1-4-26(38)36-12-11-35(15-19(36)3)24-8-6-22-27(34-24)28(31-16-29-22)33-20-5-7-23(18(2)13-20)39-21-9-10-37-25(14-21)30-17-32-37/h4-10,13-14,16-17,19H,1,11-12,15H2,2-3H3,(H,29,31,33)/t19-/m0/s1. The Labute approximate surface area is 224 Å². The normalized spacial score (nSPS) is 15.5. The molecule has 1 aromatic carbocycles. The minimum atomic E-state index is -0.0448. The van der Waals surface area contributed by atoms with Crippen LogP contribution in [0.2, 0.25) is 0 Å². The highest BCUT2D eigenvalue weighted by atomic mass is 16.5. The third-order valence-electron chi connectivity index (χ3n) is 6.79. The maximum Gasteiger partial charge on any atom is 0.246 e. The van der Waals surface area contributed by atoms with Crippen LogP contribution >= 0.6 is 0 Å². The van der Waals surface area contributed by atoms with Crippen LogP contribution in [0.4, 0.5) is 17.3 Å². The van der Waals surface area contributed by atoms with Crippen molar-refractivity contribution in [2.45, 2.75) is 19.9 Å². The summed E-state index contributed by atoms with van der Waals surface area (Å²) in [5.74, 6) is 2.81. The number of pyridine rings is 2. The smallest absolute Gasteiger partial charge is 0.246 e. The van der Waals surface area contributed by atoms with Crippen LogP contribution in [0.25, 0.3) is 16.7 Å². The van der Waals surface area contributed by atoms with Gasteiger partial charge in [0, 0.05) is 43.6 Å². The van der Waals surface area contributed by atoms with E-state index < -0.39 is 0 Å². The number of carbonyl (C=O) groups excluding carboxylic acids is 1. The molecule has 1 aliphatic rings. The van der Waals surface area contributed by atoms with Crippen molar-refractivity contribution in [3.8, 4) is 11.5 Å². The van der Waals surface area contributed by atoms with Crippen molar-refractivity contribution in [3.05, 3.63) is 79.5 Å². The number of ether oxygens (including phenoxy) is 1. The lowest BCUT2D eigenvalue weighted by Gasteiger charge is -2.40. The van der Waals surface area contributed by atoms with Gasteiger partial charge in [-0.15, -0.1) is 0 Å². The second-order valence-corrected chi connectivity index (χ2v) is 9.42. The van der Waals surface area contributed by atoms with Crippen LogP contribution in [0.15, 0.2) is 74.0 Å². The number of nitrogens with one attached hydrogen (secondary N) is 1. The van der Waals surface area contributed by atoms with Gasteiger partial charge >= 0.3 is 0 Å². The van der Waals surface area contributed by atoms with Crippen molar-refractivity contribution in [2.75, 3.05) is 29.9 Å². The monoisotopic (exact) mass is 521 g/mol. The van der Waals surface area contributed by atoms with Crippen molar-refractivity contribution in [2.24, 2.45) is 0 Å². The second kappa shape index (κ2) is 10.0. The van der Waals surface area contributed by atoms with Gasteiger partial charge in [-0.1, -0.05) is 6.58 Å². The van der Waals surface area contributed by atoms with E-state index >= 15 is 0 Å². The fourth-order valence-electron chi connectivity index (χ4n) is 4.77. The van der Waals surface area contributed by atoms with E-state index in [2.05, 4.69) is 36.8 Å². The summed E-state index contributed by atoms with van der Waals surface area (Å²) in [6, 6.07) is 13.5. The molecule has 11 heteroatoms. The van der Waals surface area contributed by atoms with E-state index in [-0.39, 0.29) is 11.9 Å². The van der Waals surface area contributed by atoms with Gasteiger partial charge in [-0.25, -0.2) is 24.5 Å². The van der Waals surface area contributed by atoms with Crippen LogP contribution in [0.5, 0.6) is 11.5 Å². The number of hydrogen-bond acceptors (Lipinski definition) is 9. The fraction of sp³-hybridized carbons (Fsp3) is 0.214. The summed E-state index contributed by atoms with van der Waals surface area (Å²) in [6.07, 6.45) is 6.21. The van der Waals surface area contributed by atoms with Gasteiger partial charge in [0.2, 0.25) is 5.91 Å². The minimum Gasteiger partial charge on any atom is -0.457 e. The zero-order valence-corrected chi connectivity index (χ0v) is 21.7. The van der Waals surface area contributed by atoms with E-state index in [9.17, 15) is 4.79 Å². The number of nitrogens with zero attached hydrogens (tertiary/aromatic N) is 8. The van der Waals surface area contributed by atoms with Gasteiger partial charge in [-0.05, 0) is 61.9 Å². The minimum absolute atomic E-state index is 0.0448. The first-order valence-electron chi connectivity index (χ1n) is 12.6. The molecule has 5 heterocycles. The maximum atomic E-state index is 12.1. The van der Waals surface area contributed by atoms with Crippen LogP contribution in [-0.2, 0) is 4.79 Å². The molecule has 11 nitrogen and oxygen atoms in total. The lowest BCUT2D eigenvalue weighted by atomic mass is 10.2. The van der Waals surface area contributed by atoms with Crippen LogP contribution < -0.4 is 15.0 Å². The highest BCUT2D eigenvalue weighted by molar-refractivity contribution is 5.89. The molecule has 4 aromatic heterocycles. The molecule has 6 rings (SSSR count). The number of carbonyl (C=O) groups is 1. The summed E-state index contributed by atoms with van der Waals surface area (Å²) in [7, 11) is 0. The predicted molar refractivity (Wildman–Crippen MR) is 148 cm³/mol. The number of fused-ring (bicyclic) bond motifs is 2. The first-order chi connectivity index (χ1) is 19.0. The fourth-order valence-corrected chi connectivity index (χ4v) is 4.77. The lowest BCUT2D eigenvalue weighted by molar-refractivity contribution is -0.128. The van der Waals surface area contributed by atoms with E-state index in [1.54, 1.807) is 4.52 Å². The van der Waals surface area contributed by atoms with E-state index in [0.717, 1.165) is 28.3 Å². The zero-order chi connectivity index (χ0) is 26.9. The van der Waals surface area contributed by atoms with Crippen LogP contribution in [-0.4, -0.2) is 66.0 Å². The highest BCUT2D eigenvalue weighted by Gasteiger charge is 2.27. The predicted octanol–water partition coefficient (Wildman–Crippen LogP) is 4.13. The van der Waals surface area contributed by atoms with Crippen molar-refractivity contribution in [3.63, 3.8) is 0 Å². The Kier molecular flexibility index (Phi) is 6.23. The first-order valence-corrected chi connectivity index (χ1v) is 12.6. The molecule has 196 valence electrons. The van der Waals surface area contributed by atoms with Gasteiger partial charge in [0.05, 0.1) is 5.52 Å². The summed E-state index contributed by atoms with van der Waals surface area (Å²) >= 11 is 0. The van der Waals surface area contributed by atoms with Crippen molar-refractivity contribution < 1.29 is 9.53 Å². The summed E-state index contributed by atoms with van der Waals surface area (Å²) in [5, 5.41) is 7.51. The Morgan fingerprint density at radius 1 is 1.10 bits per heavy atom.